The summed E-state index contributed by atoms with van der Waals surface area (Å²) in [6.07, 6.45) is 5.57. The van der Waals surface area contributed by atoms with E-state index in [1.807, 2.05) is 20.8 Å². The third-order valence-corrected chi connectivity index (χ3v) is 10.4. The average Bonchev–Trinajstić information content (AvgIpc) is 3.37. The number of amides is 4. The van der Waals surface area contributed by atoms with Gasteiger partial charge in [0.1, 0.15) is 45.7 Å². The molecule has 0 aliphatic heterocycles. The summed E-state index contributed by atoms with van der Waals surface area (Å²) in [6, 6.07) is 0. The van der Waals surface area contributed by atoms with Crippen LogP contribution >= 0.6 is 0 Å². The zero-order chi connectivity index (χ0) is 60.6. The Balaban J connectivity index is -0.000000818. The average molecular weight is 1120 g/mol. The number of aliphatic hydroxyl groups is 3. The largest absolute Gasteiger partial charge is 0.460 e. The van der Waals surface area contributed by atoms with Crippen molar-refractivity contribution in [1.82, 2.24) is 21.3 Å². The number of nitrogens with zero attached hydrogens (tertiary/aromatic N) is 2. The number of rotatable bonds is 36. The number of nitrogens with one attached hydrogen (secondary N) is 4. The molecule has 0 bridgehead atoms. The molecule has 4 amide bonds. The lowest BCUT2D eigenvalue weighted by Gasteiger charge is -2.28. The van der Waals surface area contributed by atoms with Crippen LogP contribution in [0.5, 0.6) is 0 Å². The summed E-state index contributed by atoms with van der Waals surface area (Å²) in [4.78, 5) is 104. The second-order valence-corrected chi connectivity index (χ2v) is 20.5. The maximum Gasteiger partial charge on any atom is 0.407 e. The topological polar surface area (TPSA) is 352 Å². The quantitative estimate of drug-likeness (QED) is 0.00696. The van der Waals surface area contributed by atoms with E-state index >= 15 is 0 Å². The molecule has 0 radical (unpaired) electrons. The number of esters is 3. The molecule has 78 heavy (non-hydrogen) atoms. The highest BCUT2D eigenvalue weighted by Crippen LogP contribution is 2.30. The van der Waals surface area contributed by atoms with Crippen LogP contribution < -0.4 is 21.3 Å². The molecule has 5 unspecified atom stereocenters. The molecule has 7 N–H and O–H groups in total. The van der Waals surface area contributed by atoms with Gasteiger partial charge in [0.25, 0.3) is 0 Å². The van der Waals surface area contributed by atoms with E-state index in [-0.39, 0.29) is 80.9 Å². The van der Waals surface area contributed by atoms with Crippen molar-refractivity contribution in [3.8, 4) is 0 Å². The van der Waals surface area contributed by atoms with Gasteiger partial charge in [-0.3, -0.25) is 0 Å². The monoisotopic (exact) mass is 1120 g/mol. The van der Waals surface area contributed by atoms with Gasteiger partial charge in [-0.25, -0.2) is 43.3 Å². The molecule has 0 aliphatic carbocycles. The number of aliphatic hydroxyl groups excluding tert-OH is 3. The molecule has 0 heterocycles. The van der Waals surface area contributed by atoms with Crippen molar-refractivity contribution in [3.63, 3.8) is 0 Å². The lowest BCUT2D eigenvalue weighted by atomic mass is 9.80. The molecule has 0 aromatic rings. The van der Waals surface area contributed by atoms with Gasteiger partial charge in [0, 0.05) is 44.4 Å². The number of nitroso groups, excluding NO2 is 1. The van der Waals surface area contributed by atoms with Crippen LogP contribution in [0.15, 0.2) is 48.1 Å². The number of alkyl carbamates (subject to hydrolysis) is 4. The fourth-order valence-corrected chi connectivity index (χ4v) is 6.89. The Labute approximate surface area is 461 Å². The molecule has 0 fully saturated rings. The Bertz CT molecular complexity index is 1790. The van der Waals surface area contributed by atoms with Crippen LogP contribution in [-0.2, 0) is 52.3 Å². The molecule has 450 valence electrons. The molecule has 5 atom stereocenters. The fourth-order valence-electron chi connectivity index (χ4n) is 6.89. The highest BCUT2D eigenvalue weighted by Gasteiger charge is 2.24. The summed E-state index contributed by atoms with van der Waals surface area (Å²) in [5, 5.41) is 37.8. The van der Waals surface area contributed by atoms with Gasteiger partial charge in [0.2, 0.25) is 6.08 Å². The molecule has 0 aromatic carbocycles. The van der Waals surface area contributed by atoms with Crippen LogP contribution in [0.4, 0.5) is 19.2 Å². The van der Waals surface area contributed by atoms with Crippen LogP contribution in [-0.4, -0.2) is 168 Å². The predicted molar refractivity (Wildman–Crippen MR) is 292 cm³/mol. The van der Waals surface area contributed by atoms with E-state index in [4.69, 9.17) is 43.7 Å². The van der Waals surface area contributed by atoms with Gasteiger partial charge in [-0.1, -0.05) is 87.2 Å². The third-order valence-electron chi connectivity index (χ3n) is 10.4. The molecular formula is C53H94N6O19. The van der Waals surface area contributed by atoms with Crippen molar-refractivity contribution >= 4 is 48.4 Å². The molecule has 0 aromatic heterocycles. The lowest BCUT2D eigenvalue weighted by molar-refractivity contribution is -0.139. The van der Waals surface area contributed by atoms with Gasteiger partial charge in [-0.2, -0.15) is 4.91 Å². The van der Waals surface area contributed by atoms with E-state index in [1.54, 1.807) is 6.92 Å². The van der Waals surface area contributed by atoms with Gasteiger partial charge in [0.15, 0.2) is 0 Å². The van der Waals surface area contributed by atoms with Crippen LogP contribution in [0.1, 0.15) is 115 Å². The van der Waals surface area contributed by atoms with Crippen LogP contribution in [0.25, 0.3) is 0 Å². The zero-order valence-corrected chi connectivity index (χ0v) is 48.2. The minimum Gasteiger partial charge on any atom is -0.460 e. The molecule has 25 nitrogen and oxygen atoms in total. The minimum atomic E-state index is -0.667. The highest BCUT2D eigenvalue weighted by atomic mass is 16.6. The summed E-state index contributed by atoms with van der Waals surface area (Å²) in [5.41, 5.74) is -0.189. The molecule has 0 aliphatic rings. The first kappa shape index (κ1) is 78.1. The van der Waals surface area contributed by atoms with Crippen LogP contribution in [0, 0.1) is 38.9 Å². The van der Waals surface area contributed by atoms with Crippen LogP contribution in [0.2, 0.25) is 0 Å². The Kier molecular flexibility index (Phi) is 47.8. The van der Waals surface area contributed by atoms with Crippen molar-refractivity contribution in [3.05, 3.63) is 42.9 Å². The van der Waals surface area contributed by atoms with Crippen molar-refractivity contribution < 1.29 is 86.8 Å². The SMILES string of the molecule is C=CC(=O)OCCO.C=CC(=O)OCCOC(=O)NCCC(C)(C)CC(C)CNC(=O)OCC(C)OC(=O)NCC(C)CC(C)(C)CCNC(=O)OCCOC(=O)C=C.CC(CN=C=O)CC(C)(C)CCN=O.CC(O)CO. The van der Waals surface area contributed by atoms with E-state index in [2.05, 4.69) is 97.5 Å². The number of carbonyl (C=O) groups is 7. The summed E-state index contributed by atoms with van der Waals surface area (Å²) in [6.45, 7) is 33.2. The maximum atomic E-state index is 12.3. The minimum absolute atomic E-state index is 0.0465. The van der Waals surface area contributed by atoms with Gasteiger partial charge in [-0.15, -0.1) is 0 Å². The van der Waals surface area contributed by atoms with Crippen molar-refractivity contribution in [1.29, 1.82) is 0 Å². The Morgan fingerprint density at radius 3 is 1.32 bits per heavy atom. The first-order chi connectivity index (χ1) is 36.5. The summed E-state index contributed by atoms with van der Waals surface area (Å²) in [7, 11) is 0. The van der Waals surface area contributed by atoms with E-state index in [0.717, 1.165) is 43.9 Å². The summed E-state index contributed by atoms with van der Waals surface area (Å²) >= 11 is 0. The number of carbonyl (C=O) groups excluding carboxylic acids is 8. The zero-order valence-electron chi connectivity index (χ0n) is 48.2. The molecule has 0 spiro atoms. The molecule has 0 rings (SSSR count). The van der Waals surface area contributed by atoms with Crippen molar-refractivity contribution in [2.75, 3.05) is 92.1 Å². The number of hydrogen-bond acceptors (Lipinski definition) is 21. The molecule has 25 heteroatoms. The normalized spacial score (nSPS) is 12.5. The summed E-state index contributed by atoms with van der Waals surface area (Å²) < 4.78 is 34.2. The van der Waals surface area contributed by atoms with Gasteiger partial charge >= 0.3 is 42.3 Å². The number of hydrogen-bond donors (Lipinski definition) is 7. The second-order valence-electron chi connectivity index (χ2n) is 20.5. The first-order valence-electron chi connectivity index (χ1n) is 25.7. The van der Waals surface area contributed by atoms with Gasteiger partial charge < -0.3 is 69.7 Å². The highest BCUT2D eigenvalue weighted by molar-refractivity contribution is 5.81. The Hall–Kier alpha value is -6.43. The third kappa shape index (κ3) is 55.8. The standard InChI is InChI=1S/C35H60N4O12.C10H18N2O2.C5H8O3.C3H8O2/c1-10-28(40)46-16-18-48-30(42)36-14-12-34(6,7)20-25(3)22-38-32(44)50-24-27(5)51-33(45)39-23-26(4)21-35(8,9)13-15-37-31(43)49-19-17-47-29(41)11-2;1-9(7-11-8-13)6-10(2,3)4-5-12-14;1-2-5(7)8-4-3-6;1-3(5)2-4/h10-11,25-27H,1-2,12-24H2,3-9H3,(H,36,42)(H,37,43)(H,38,44)(H,39,45);9H,4-7H2,1-3H3;2,6H,1,3-4H2;3-5H,2H2,1H3. The number of aliphatic imine (C=N–C) groups is 1. The Morgan fingerprint density at radius 1 is 0.564 bits per heavy atom. The molecular weight excluding hydrogens is 1020 g/mol. The predicted octanol–water partition coefficient (Wildman–Crippen LogP) is 6.22. The van der Waals surface area contributed by atoms with Crippen LogP contribution in [0.3, 0.4) is 0 Å². The lowest BCUT2D eigenvalue weighted by Crippen LogP contribution is -2.36. The molecule has 0 saturated carbocycles. The Morgan fingerprint density at radius 2 is 0.936 bits per heavy atom. The van der Waals surface area contributed by atoms with Crippen molar-refractivity contribution in [2.45, 2.75) is 127 Å². The fraction of sp³-hybridized carbons (Fsp3) is 0.736. The van der Waals surface area contributed by atoms with Crippen molar-refractivity contribution in [2.24, 2.45) is 44.2 Å². The molecule has 0 saturated heterocycles. The van der Waals surface area contributed by atoms with E-state index in [0.29, 0.717) is 58.0 Å². The van der Waals surface area contributed by atoms with Gasteiger partial charge in [-0.05, 0) is 86.4 Å². The smallest absolute Gasteiger partial charge is 0.407 e. The first-order valence-corrected chi connectivity index (χ1v) is 25.7. The summed E-state index contributed by atoms with van der Waals surface area (Å²) in [5.74, 6) is -1.10. The van der Waals surface area contributed by atoms with E-state index in [9.17, 15) is 43.3 Å². The van der Waals surface area contributed by atoms with Gasteiger partial charge in [0.05, 0.1) is 32.4 Å². The number of isocyanates is 1. The van der Waals surface area contributed by atoms with E-state index < -0.39 is 54.5 Å². The van der Waals surface area contributed by atoms with E-state index in [1.165, 1.54) is 13.0 Å². The maximum absolute atomic E-state index is 12.3. The second kappa shape index (κ2) is 47.8. The number of ether oxygens (including phenoxy) is 7.